The van der Waals surface area contributed by atoms with E-state index in [1.807, 2.05) is 30.3 Å². The van der Waals surface area contributed by atoms with Gasteiger partial charge in [0.05, 0.1) is 28.4 Å². The van der Waals surface area contributed by atoms with Crippen LogP contribution >= 0.6 is 27.3 Å². The predicted octanol–water partition coefficient (Wildman–Crippen LogP) is 3.06. The quantitative estimate of drug-likeness (QED) is 0.780. The normalized spacial score (nSPS) is 14.2. The minimum atomic E-state index is -0.226. The molecule has 0 atom stereocenters. The molecule has 1 aromatic heterocycles. The zero-order valence-electron chi connectivity index (χ0n) is 14.4. The molecule has 0 unspecified atom stereocenters. The number of ether oxygens (including phenoxy) is 1. The highest BCUT2D eigenvalue weighted by Crippen LogP contribution is 2.23. The van der Waals surface area contributed by atoms with Crippen LogP contribution in [0.2, 0.25) is 0 Å². The van der Waals surface area contributed by atoms with E-state index in [-0.39, 0.29) is 18.4 Å². The van der Waals surface area contributed by atoms with Gasteiger partial charge < -0.3 is 19.9 Å². The third-order valence-electron chi connectivity index (χ3n) is 4.04. The average molecular weight is 438 g/mol. The number of anilines is 2. The zero-order valence-corrected chi connectivity index (χ0v) is 16.8. The standard InChI is InChI=1S/C18H20BrN3O3S/c1-21(18(24)15-6-7-16(19)26-15)12-17(23)20-13-2-4-14(5-3-13)22-8-10-25-11-9-22/h2-7H,8-12H2,1H3,(H,20,23). The monoisotopic (exact) mass is 437 g/mol. The van der Waals surface area contributed by atoms with Gasteiger partial charge in [-0.1, -0.05) is 0 Å². The van der Waals surface area contributed by atoms with Crippen LogP contribution in [-0.2, 0) is 9.53 Å². The van der Waals surface area contributed by atoms with Crippen molar-refractivity contribution in [1.82, 2.24) is 4.90 Å². The number of halogens is 1. The molecule has 1 N–H and O–H groups in total. The van der Waals surface area contributed by atoms with Gasteiger partial charge in [-0.3, -0.25) is 9.59 Å². The number of benzene rings is 1. The van der Waals surface area contributed by atoms with Crippen molar-refractivity contribution in [3.8, 4) is 0 Å². The van der Waals surface area contributed by atoms with Gasteiger partial charge in [-0.2, -0.15) is 0 Å². The molecule has 2 heterocycles. The summed E-state index contributed by atoms with van der Waals surface area (Å²) in [6.07, 6.45) is 0. The molecule has 2 amide bonds. The first-order valence-electron chi connectivity index (χ1n) is 8.26. The van der Waals surface area contributed by atoms with Crippen LogP contribution < -0.4 is 10.2 Å². The van der Waals surface area contributed by atoms with E-state index >= 15 is 0 Å². The van der Waals surface area contributed by atoms with Crippen LogP contribution in [0, 0.1) is 0 Å². The van der Waals surface area contributed by atoms with Gasteiger partial charge in [-0.25, -0.2) is 0 Å². The molecule has 1 saturated heterocycles. The van der Waals surface area contributed by atoms with Gasteiger partial charge in [0.25, 0.3) is 5.91 Å². The number of hydrogen-bond donors (Lipinski definition) is 1. The Kier molecular flexibility index (Phi) is 6.29. The van der Waals surface area contributed by atoms with Crippen LogP contribution in [-0.4, -0.2) is 56.6 Å². The lowest BCUT2D eigenvalue weighted by Gasteiger charge is -2.28. The highest BCUT2D eigenvalue weighted by molar-refractivity contribution is 9.11. The van der Waals surface area contributed by atoms with E-state index in [4.69, 9.17) is 4.74 Å². The van der Waals surface area contributed by atoms with Crippen LogP contribution in [0.15, 0.2) is 40.2 Å². The highest BCUT2D eigenvalue weighted by atomic mass is 79.9. The number of carbonyl (C=O) groups is 2. The van der Waals surface area contributed by atoms with Gasteiger partial charge in [-0.15, -0.1) is 11.3 Å². The Bertz CT molecular complexity index is 772. The van der Waals surface area contributed by atoms with Crippen molar-refractivity contribution in [2.24, 2.45) is 0 Å². The first-order chi connectivity index (χ1) is 12.5. The first kappa shape index (κ1) is 18.9. The van der Waals surface area contributed by atoms with Crippen LogP contribution in [0.25, 0.3) is 0 Å². The summed E-state index contributed by atoms with van der Waals surface area (Å²) in [4.78, 5) is 28.8. The zero-order chi connectivity index (χ0) is 18.5. The van der Waals surface area contributed by atoms with E-state index in [0.29, 0.717) is 10.6 Å². The van der Waals surface area contributed by atoms with Gasteiger partial charge >= 0.3 is 0 Å². The Hall–Kier alpha value is -1.90. The summed E-state index contributed by atoms with van der Waals surface area (Å²) >= 11 is 4.69. The molecule has 3 rings (SSSR count). The molecule has 0 saturated carbocycles. The lowest BCUT2D eigenvalue weighted by molar-refractivity contribution is -0.116. The topological polar surface area (TPSA) is 61.9 Å². The number of rotatable bonds is 5. The number of amides is 2. The van der Waals surface area contributed by atoms with E-state index in [9.17, 15) is 9.59 Å². The van der Waals surface area contributed by atoms with Crippen LogP contribution in [0.3, 0.4) is 0 Å². The van der Waals surface area contributed by atoms with Gasteiger partial charge in [0.15, 0.2) is 0 Å². The maximum absolute atomic E-state index is 12.3. The third-order valence-corrected chi connectivity index (χ3v) is 5.65. The first-order valence-corrected chi connectivity index (χ1v) is 9.87. The van der Waals surface area contributed by atoms with E-state index in [1.165, 1.54) is 16.2 Å². The molecule has 138 valence electrons. The number of morpholine rings is 1. The number of carbonyl (C=O) groups excluding carboxylic acids is 2. The number of nitrogens with one attached hydrogen (secondary N) is 1. The Morgan fingerprint density at radius 2 is 1.88 bits per heavy atom. The molecule has 2 aromatic rings. The summed E-state index contributed by atoms with van der Waals surface area (Å²) < 4.78 is 6.24. The predicted molar refractivity (Wildman–Crippen MR) is 107 cm³/mol. The molecular weight excluding hydrogens is 418 g/mol. The second-order valence-corrected chi connectivity index (χ2v) is 8.42. The Balaban J connectivity index is 1.53. The molecule has 0 radical (unpaired) electrons. The van der Waals surface area contributed by atoms with Gasteiger partial charge in [0, 0.05) is 31.5 Å². The lowest BCUT2D eigenvalue weighted by Crippen LogP contribution is -2.36. The highest BCUT2D eigenvalue weighted by Gasteiger charge is 2.17. The van der Waals surface area contributed by atoms with Crippen molar-refractivity contribution in [3.63, 3.8) is 0 Å². The summed E-state index contributed by atoms with van der Waals surface area (Å²) in [5, 5.41) is 2.83. The summed E-state index contributed by atoms with van der Waals surface area (Å²) in [5.41, 5.74) is 1.83. The molecule has 0 bridgehead atoms. The number of hydrogen-bond acceptors (Lipinski definition) is 5. The molecule has 0 spiro atoms. The smallest absolute Gasteiger partial charge is 0.264 e. The molecule has 1 aliphatic rings. The average Bonchev–Trinajstić information content (AvgIpc) is 3.08. The molecule has 6 nitrogen and oxygen atoms in total. The second-order valence-electron chi connectivity index (χ2n) is 5.96. The Morgan fingerprint density at radius 3 is 2.50 bits per heavy atom. The maximum atomic E-state index is 12.3. The molecule has 26 heavy (non-hydrogen) atoms. The SMILES string of the molecule is CN(CC(=O)Nc1ccc(N2CCOCC2)cc1)C(=O)c1ccc(Br)s1. The van der Waals surface area contributed by atoms with Crippen molar-refractivity contribution < 1.29 is 14.3 Å². The molecule has 1 fully saturated rings. The van der Waals surface area contributed by atoms with Gasteiger partial charge in [-0.05, 0) is 52.3 Å². The maximum Gasteiger partial charge on any atom is 0.264 e. The second kappa shape index (κ2) is 8.66. The summed E-state index contributed by atoms with van der Waals surface area (Å²) in [6.45, 7) is 3.22. The fourth-order valence-electron chi connectivity index (χ4n) is 2.68. The summed E-state index contributed by atoms with van der Waals surface area (Å²) in [6, 6.07) is 11.3. The fourth-order valence-corrected chi connectivity index (χ4v) is 4.06. The Morgan fingerprint density at radius 1 is 1.19 bits per heavy atom. The van der Waals surface area contributed by atoms with Crippen molar-refractivity contribution >= 4 is 50.5 Å². The fraction of sp³-hybridized carbons (Fsp3) is 0.333. The third kappa shape index (κ3) is 4.84. The molecule has 1 aliphatic heterocycles. The van der Waals surface area contributed by atoms with E-state index in [1.54, 1.807) is 13.1 Å². The van der Waals surface area contributed by atoms with E-state index < -0.39 is 0 Å². The van der Waals surface area contributed by atoms with Crippen molar-refractivity contribution in [2.75, 3.05) is 50.1 Å². The van der Waals surface area contributed by atoms with Gasteiger partial charge in [0.1, 0.15) is 0 Å². The van der Waals surface area contributed by atoms with Gasteiger partial charge in [0.2, 0.25) is 5.91 Å². The minimum Gasteiger partial charge on any atom is -0.378 e. The van der Waals surface area contributed by atoms with Crippen LogP contribution in [0.4, 0.5) is 11.4 Å². The summed E-state index contributed by atoms with van der Waals surface area (Å²) in [7, 11) is 1.62. The molecule has 0 aliphatic carbocycles. The summed E-state index contributed by atoms with van der Waals surface area (Å²) in [5.74, 6) is -0.394. The van der Waals surface area contributed by atoms with E-state index in [0.717, 1.165) is 35.8 Å². The number of thiophene rings is 1. The Labute approximate surface area is 164 Å². The largest absolute Gasteiger partial charge is 0.378 e. The molecular formula is C18H20BrN3O3S. The lowest BCUT2D eigenvalue weighted by atomic mass is 10.2. The molecule has 8 heteroatoms. The van der Waals surface area contributed by atoms with Crippen LogP contribution in [0.1, 0.15) is 9.67 Å². The number of nitrogens with zero attached hydrogens (tertiary/aromatic N) is 2. The van der Waals surface area contributed by atoms with Crippen molar-refractivity contribution in [1.29, 1.82) is 0 Å². The van der Waals surface area contributed by atoms with Crippen LogP contribution in [0.5, 0.6) is 0 Å². The molecule has 1 aromatic carbocycles. The van der Waals surface area contributed by atoms with Crippen molar-refractivity contribution in [2.45, 2.75) is 0 Å². The number of likely N-dealkylation sites (N-methyl/N-ethyl adjacent to an activating group) is 1. The minimum absolute atomic E-state index is 0.000429. The van der Waals surface area contributed by atoms with Crippen molar-refractivity contribution in [3.05, 3.63) is 45.1 Å². The van der Waals surface area contributed by atoms with E-state index in [2.05, 4.69) is 26.1 Å².